The summed E-state index contributed by atoms with van der Waals surface area (Å²) < 4.78 is 5.98. The van der Waals surface area contributed by atoms with E-state index in [1.54, 1.807) is 0 Å². The van der Waals surface area contributed by atoms with E-state index in [0.29, 0.717) is 13.0 Å². The number of ether oxygens (including phenoxy) is 1. The summed E-state index contributed by atoms with van der Waals surface area (Å²) in [6, 6.07) is 10.2. The Kier molecular flexibility index (Phi) is 6.01. The van der Waals surface area contributed by atoms with E-state index in [2.05, 4.69) is 22.3 Å². The molecule has 1 N–H and O–H groups in total. The highest BCUT2D eigenvalue weighted by Crippen LogP contribution is 2.17. The van der Waals surface area contributed by atoms with Gasteiger partial charge in [-0.25, -0.2) is 0 Å². The van der Waals surface area contributed by atoms with Crippen molar-refractivity contribution in [1.29, 1.82) is 0 Å². The number of nitrogens with zero attached hydrogens (tertiary/aromatic N) is 2. The third-order valence-electron chi connectivity index (χ3n) is 4.53. The SMILES string of the molecule is O=C(CCCc1cn[nH]c1)N1CCC(OCc2ccccc2)CC1. The van der Waals surface area contributed by atoms with Crippen LogP contribution in [0.1, 0.15) is 36.8 Å². The highest BCUT2D eigenvalue weighted by molar-refractivity contribution is 5.76. The number of aromatic nitrogens is 2. The van der Waals surface area contributed by atoms with Gasteiger partial charge in [-0.1, -0.05) is 30.3 Å². The fraction of sp³-hybridized carbons (Fsp3) is 0.474. The average molecular weight is 327 g/mol. The fourth-order valence-electron chi connectivity index (χ4n) is 3.08. The molecule has 1 aliphatic rings. The number of H-pyrrole nitrogens is 1. The molecule has 0 unspecified atom stereocenters. The molecule has 1 aromatic heterocycles. The van der Waals surface area contributed by atoms with Crippen LogP contribution in [0, 0.1) is 0 Å². The molecule has 0 aliphatic carbocycles. The third kappa shape index (κ3) is 4.93. The third-order valence-corrected chi connectivity index (χ3v) is 4.53. The van der Waals surface area contributed by atoms with E-state index >= 15 is 0 Å². The Morgan fingerprint density at radius 2 is 2.00 bits per heavy atom. The van der Waals surface area contributed by atoms with Crippen molar-refractivity contribution in [2.24, 2.45) is 0 Å². The molecule has 1 aromatic carbocycles. The zero-order valence-corrected chi connectivity index (χ0v) is 14.0. The van der Waals surface area contributed by atoms with Gasteiger partial charge in [0.25, 0.3) is 0 Å². The molecule has 128 valence electrons. The number of piperidine rings is 1. The van der Waals surface area contributed by atoms with Crippen molar-refractivity contribution in [3.8, 4) is 0 Å². The Balaban J connectivity index is 1.33. The van der Waals surface area contributed by atoms with E-state index in [-0.39, 0.29) is 12.0 Å². The summed E-state index contributed by atoms with van der Waals surface area (Å²) in [5, 5.41) is 6.72. The summed E-state index contributed by atoms with van der Waals surface area (Å²) in [7, 11) is 0. The molecule has 24 heavy (non-hydrogen) atoms. The van der Waals surface area contributed by atoms with Crippen LogP contribution >= 0.6 is 0 Å². The minimum atomic E-state index is 0.264. The van der Waals surface area contributed by atoms with Crippen LogP contribution in [0.15, 0.2) is 42.7 Å². The van der Waals surface area contributed by atoms with Crippen molar-refractivity contribution >= 4 is 5.91 Å². The monoisotopic (exact) mass is 327 g/mol. The van der Waals surface area contributed by atoms with Gasteiger partial charge in [0.15, 0.2) is 0 Å². The zero-order valence-electron chi connectivity index (χ0n) is 14.0. The smallest absolute Gasteiger partial charge is 0.222 e. The van der Waals surface area contributed by atoms with Gasteiger partial charge in [0.1, 0.15) is 0 Å². The predicted molar refractivity (Wildman–Crippen MR) is 92.4 cm³/mol. The van der Waals surface area contributed by atoms with Crippen LogP contribution in [0.4, 0.5) is 0 Å². The van der Waals surface area contributed by atoms with Crippen molar-refractivity contribution in [1.82, 2.24) is 15.1 Å². The lowest BCUT2D eigenvalue weighted by Crippen LogP contribution is -2.40. The molecule has 0 saturated carbocycles. The molecule has 0 bridgehead atoms. The Bertz CT molecular complexity index is 605. The number of amides is 1. The molecule has 5 nitrogen and oxygen atoms in total. The minimum Gasteiger partial charge on any atom is -0.373 e. The van der Waals surface area contributed by atoms with Gasteiger partial charge in [-0.3, -0.25) is 9.89 Å². The van der Waals surface area contributed by atoms with Crippen LogP contribution in [-0.4, -0.2) is 40.2 Å². The van der Waals surface area contributed by atoms with E-state index in [4.69, 9.17) is 4.74 Å². The zero-order chi connectivity index (χ0) is 16.6. The van der Waals surface area contributed by atoms with Crippen LogP contribution in [0.5, 0.6) is 0 Å². The molecule has 1 saturated heterocycles. The van der Waals surface area contributed by atoms with Crippen LogP contribution in [0.2, 0.25) is 0 Å². The van der Waals surface area contributed by atoms with Crippen LogP contribution < -0.4 is 0 Å². The first-order chi connectivity index (χ1) is 11.8. The van der Waals surface area contributed by atoms with Gasteiger partial charge >= 0.3 is 0 Å². The average Bonchev–Trinajstić information content (AvgIpc) is 3.15. The summed E-state index contributed by atoms with van der Waals surface area (Å²) in [5.41, 5.74) is 2.37. The number of aromatic amines is 1. The first kappa shape index (κ1) is 16.7. The second-order valence-corrected chi connectivity index (χ2v) is 6.34. The van der Waals surface area contributed by atoms with Gasteiger partial charge in [0.2, 0.25) is 5.91 Å². The lowest BCUT2D eigenvalue weighted by atomic mass is 10.1. The van der Waals surface area contributed by atoms with E-state index in [1.165, 1.54) is 5.56 Å². The number of carbonyl (C=O) groups is 1. The topological polar surface area (TPSA) is 58.2 Å². The molecule has 1 fully saturated rings. The highest BCUT2D eigenvalue weighted by atomic mass is 16.5. The second-order valence-electron chi connectivity index (χ2n) is 6.34. The predicted octanol–water partition coefficient (Wildman–Crippen LogP) is 2.94. The van der Waals surface area contributed by atoms with E-state index in [1.807, 2.05) is 35.5 Å². The lowest BCUT2D eigenvalue weighted by Gasteiger charge is -2.32. The number of aryl methyl sites for hydroxylation is 1. The second kappa shape index (κ2) is 8.64. The van der Waals surface area contributed by atoms with Gasteiger partial charge in [-0.05, 0) is 36.8 Å². The molecule has 0 spiro atoms. The quantitative estimate of drug-likeness (QED) is 0.850. The Morgan fingerprint density at radius 1 is 1.21 bits per heavy atom. The molecule has 0 atom stereocenters. The van der Waals surface area contributed by atoms with Crippen molar-refractivity contribution in [2.45, 2.75) is 44.8 Å². The molecule has 2 aromatic rings. The number of hydrogen-bond donors (Lipinski definition) is 1. The number of rotatable bonds is 7. The van der Waals surface area contributed by atoms with Crippen LogP contribution in [0.3, 0.4) is 0 Å². The molecular weight excluding hydrogens is 302 g/mol. The highest BCUT2D eigenvalue weighted by Gasteiger charge is 2.22. The molecule has 1 aliphatic heterocycles. The first-order valence-corrected chi connectivity index (χ1v) is 8.72. The normalized spacial score (nSPS) is 15.6. The maximum absolute atomic E-state index is 12.3. The number of benzene rings is 1. The Hall–Kier alpha value is -2.14. The maximum atomic E-state index is 12.3. The van der Waals surface area contributed by atoms with Gasteiger partial charge < -0.3 is 9.64 Å². The van der Waals surface area contributed by atoms with E-state index in [9.17, 15) is 4.79 Å². The summed E-state index contributed by atoms with van der Waals surface area (Å²) in [5.74, 6) is 0.264. The Morgan fingerprint density at radius 3 is 2.71 bits per heavy atom. The summed E-state index contributed by atoms with van der Waals surface area (Å²) in [6.45, 7) is 2.28. The van der Waals surface area contributed by atoms with Crippen LogP contribution in [-0.2, 0) is 22.6 Å². The Labute approximate surface area is 143 Å². The molecule has 1 amide bonds. The van der Waals surface area contributed by atoms with E-state index in [0.717, 1.165) is 44.3 Å². The van der Waals surface area contributed by atoms with Crippen molar-refractivity contribution in [2.75, 3.05) is 13.1 Å². The number of nitrogens with one attached hydrogen (secondary N) is 1. The fourth-order valence-corrected chi connectivity index (χ4v) is 3.08. The standard InChI is InChI=1S/C19H25N3O2/c23-19(8-4-7-17-13-20-21-14-17)22-11-9-18(10-12-22)24-15-16-5-2-1-3-6-16/h1-3,5-6,13-14,18H,4,7-12,15H2,(H,20,21). The summed E-state index contributed by atoms with van der Waals surface area (Å²) >= 11 is 0. The van der Waals surface area contributed by atoms with Gasteiger partial charge in [0.05, 0.1) is 18.9 Å². The maximum Gasteiger partial charge on any atom is 0.222 e. The summed E-state index contributed by atoms with van der Waals surface area (Å²) in [4.78, 5) is 14.3. The molecule has 3 rings (SSSR count). The number of likely N-dealkylation sites (tertiary alicyclic amines) is 1. The number of carbonyl (C=O) groups excluding carboxylic acids is 1. The van der Waals surface area contributed by atoms with Gasteiger partial charge in [0, 0.05) is 25.7 Å². The number of hydrogen-bond acceptors (Lipinski definition) is 3. The minimum absolute atomic E-state index is 0.264. The summed E-state index contributed by atoms with van der Waals surface area (Å²) in [6.07, 6.45) is 8.23. The molecule has 0 radical (unpaired) electrons. The first-order valence-electron chi connectivity index (χ1n) is 8.72. The van der Waals surface area contributed by atoms with Gasteiger partial charge in [-0.15, -0.1) is 0 Å². The van der Waals surface area contributed by atoms with Gasteiger partial charge in [-0.2, -0.15) is 5.10 Å². The van der Waals surface area contributed by atoms with Crippen molar-refractivity contribution in [3.05, 3.63) is 53.9 Å². The molecule has 5 heteroatoms. The van der Waals surface area contributed by atoms with Crippen LogP contribution in [0.25, 0.3) is 0 Å². The molecular formula is C19H25N3O2. The van der Waals surface area contributed by atoms with E-state index < -0.39 is 0 Å². The lowest BCUT2D eigenvalue weighted by molar-refractivity contribution is -0.134. The molecule has 2 heterocycles. The van der Waals surface area contributed by atoms with Crippen molar-refractivity contribution in [3.63, 3.8) is 0 Å². The largest absolute Gasteiger partial charge is 0.373 e. The van der Waals surface area contributed by atoms with Crippen molar-refractivity contribution < 1.29 is 9.53 Å².